The maximum Gasteiger partial charge on any atom is 0.223 e. The maximum atomic E-state index is 12.4. The van der Waals surface area contributed by atoms with E-state index in [1.54, 1.807) is 36.5 Å². The molecule has 1 amide bonds. The van der Waals surface area contributed by atoms with Gasteiger partial charge in [0.15, 0.2) is 0 Å². The first-order chi connectivity index (χ1) is 12.4. The molecule has 3 aromatic rings. The van der Waals surface area contributed by atoms with Gasteiger partial charge in [-0.25, -0.2) is 0 Å². The van der Waals surface area contributed by atoms with Crippen LogP contribution >= 0.6 is 23.2 Å². The zero-order valence-electron chi connectivity index (χ0n) is 14.3. The minimum absolute atomic E-state index is 0.0308. The number of aromatic hydroxyl groups is 1. The number of carbonyl (C=O) groups excluding carboxylic acids is 1. The van der Waals surface area contributed by atoms with Crippen LogP contribution in [-0.2, 0) is 4.79 Å². The number of nitrogens with zero attached hydrogens (tertiary/aromatic N) is 1. The second-order valence-electron chi connectivity index (χ2n) is 6.35. The summed E-state index contributed by atoms with van der Waals surface area (Å²) in [5.41, 5.74) is 1.75. The van der Waals surface area contributed by atoms with Gasteiger partial charge in [0, 0.05) is 23.1 Å². The first kappa shape index (κ1) is 18.5. The van der Waals surface area contributed by atoms with Crippen LogP contribution < -0.4 is 5.32 Å². The van der Waals surface area contributed by atoms with Crippen LogP contribution in [0.25, 0.3) is 10.9 Å². The van der Waals surface area contributed by atoms with Crippen molar-refractivity contribution in [2.75, 3.05) is 0 Å². The summed E-state index contributed by atoms with van der Waals surface area (Å²) in [4.78, 5) is 16.6. The smallest absolute Gasteiger partial charge is 0.223 e. The van der Waals surface area contributed by atoms with Crippen LogP contribution in [-0.4, -0.2) is 16.0 Å². The molecule has 0 saturated heterocycles. The van der Waals surface area contributed by atoms with Crippen molar-refractivity contribution in [2.24, 2.45) is 5.92 Å². The van der Waals surface area contributed by atoms with E-state index in [9.17, 15) is 9.90 Å². The van der Waals surface area contributed by atoms with Crippen molar-refractivity contribution >= 4 is 40.0 Å². The number of nitrogens with one attached hydrogen (secondary N) is 1. The van der Waals surface area contributed by atoms with Gasteiger partial charge in [-0.3, -0.25) is 9.78 Å². The highest BCUT2D eigenvalue weighted by molar-refractivity contribution is 6.42. The Morgan fingerprint density at radius 3 is 2.58 bits per heavy atom. The van der Waals surface area contributed by atoms with E-state index in [-0.39, 0.29) is 17.6 Å². The van der Waals surface area contributed by atoms with E-state index >= 15 is 0 Å². The van der Waals surface area contributed by atoms with E-state index in [0.717, 1.165) is 10.9 Å². The normalized spacial score (nSPS) is 12.3. The summed E-state index contributed by atoms with van der Waals surface area (Å²) in [6.07, 6.45) is 1.62. The second kappa shape index (κ2) is 7.52. The standard InChI is InChI=1S/C20H18Cl2N2O2/c1-11(2)20(26)24-17(13-6-8-15(21)16(22)10-13)14-7-5-12-4-3-9-23-18(12)19(14)25/h3-11,17,25H,1-2H3,(H,24,26). The Kier molecular flexibility index (Phi) is 5.35. The topological polar surface area (TPSA) is 62.2 Å². The lowest BCUT2D eigenvalue weighted by Crippen LogP contribution is -2.32. The molecule has 4 nitrogen and oxygen atoms in total. The fourth-order valence-corrected chi connectivity index (χ4v) is 3.03. The number of phenolic OH excluding ortho intramolecular Hbond substituents is 1. The molecular formula is C20H18Cl2N2O2. The number of phenols is 1. The van der Waals surface area contributed by atoms with E-state index in [0.29, 0.717) is 21.1 Å². The van der Waals surface area contributed by atoms with Crippen LogP contribution in [0, 0.1) is 5.92 Å². The van der Waals surface area contributed by atoms with E-state index in [1.807, 2.05) is 26.0 Å². The summed E-state index contributed by atoms with van der Waals surface area (Å²) in [6, 6.07) is 11.9. The Labute approximate surface area is 161 Å². The van der Waals surface area contributed by atoms with Crippen molar-refractivity contribution in [3.05, 3.63) is 69.8 Å². The highest BCUT2D eigenvalue weighted by Crippen LogP contribution is 2.36. The van der Waals surface area contributed by atoms with E-state index in [1.165, 1.54) is 0 Å². The second-order valence-corrected chi connectivity index (χ2v) is 7.16. The number of fused-ring (bicyclic) bond motifs is 1. The van der Waals surface area contributed by atoms with Gasteiger partial charge in [-0.05, 0) is 23.8 Å². The minimum atomic E-state index is -0.578. The largest absolute Gasteiger partial charge is 0.505 e. The summed E-state index contributed by atoms with van der Waals surface area (Å²) in [5.74, 6) is -0.314. The number of rotatable bonds is 4. The van der Waals surface area contributed by atoms with Crippen molar-refractivity contribution in [3.8, 4) is 5.75 Å². The average molecular weight is 389 g/mol. The first-order valence-electron chi connectivity index (χ1n) is 8.20. The lowest BCUT2D eigenvalue weighted by Gasteiger charge is -2.23. The molecule has 1 atom stereocenters. The van der Waals surface area contributed by atoms with Crippen LogP contribution in [0.15, 0.2) is 48.7 Å². The van der Waals surface area contributed by atoms with Gasteiger partial charge in [-0.1, -0.05) is 61.3 Å². The number of aromatic nitrogens is 1. The molecule has 0 bridgehead atoms. The highest BCUT2D eigenvalue weighted by atomic mass is 35.5. The number of carbonyl (C=O) groups is 1. The molecule has 1 heterocycles. The van der Waals surface area contributed by atoms with Gasteiger partial charge in [-0.15, -0.1) is 0 Å². The predicted octanol–water partition coefficient (Wildman–Crippen LogP) is 5.11. The third kappa shape index (κ3) is 3.62. The van der Waals surface area contributed by atoms with Gasteiger partial charge < -0.3 is 10.4 Å². The van der Waals surface area contributed by atoms with Crippen molar-refractivity contribution in [2.45, 2.75) is 19.9 Å². The summed E-state index contributed by atoms with van der Waals surface area (Å²) >= 11 is 12.2. The van der Waals surface area contributed by atoms with E-state index in [4.69, 9.17) is 23.2 Å². The molecule has 3 rings (SSSR count). The number of benzene rings is 2. The van der Waals surface area contributed by atoms with Crippen LogP contribution in [0.2, 0.25) is 10.0 Å². The van der Waals surface area contributed by atoms with Crippen molar-refractivity contribution in [1.82, 2.24) is 10.3 Å². The zero-order chi connectivity index (χ0) is 18.8. The molecule has 6 heteroatoms. The minimum Gasteiger partial charge on any atom is -0.505 e. The molecule has 0 saturated carbocycles. The Hall–Kier alpha value is -2.30. The number of hydrogen-bond donors (Lipinski definition) is 2. The Morgan fingerprint density at radius 2 is 1.88 bits per heavy atom. The quantitative estimate of drug-likeness (QED) is 0.652. The SMILES string of the molecule is CC(C)C(=O)NC(c1ccc(Cl)c(Cl)c1)c1ccc2cccnc2c1O. The predicted molar refractivity (Wildman–Crippen MR) is 105 cm³/mol. The van der Waals surface area contributed by atoms with Crippen molar-refractivity contribution < 1.29 is 9.90 Å². The summed E-state index contributed by atoms with van der Waals surface area (Å²) in [7, 11) is 0. The number of hydrogen-bond acceptors (Lipinski definition) is 3. The molecule has 1 aromatic heterocycles. The summed E-state index contributed by atoms with van der Waals surface area (Å²) < 4.78 is 0. The Bertz CT molecular complexity index is 973. The molecule has 0 radical (unpaired) electrons. The number of pyridine rings is 1. The molecule has 0 aliphatic heterocycles. The van der Waals surface area contributed by atoms with Gasteiger partial charge in [0.25, 0.3) is 0 Å². The summed E-state index contributed by atoms with van der Waals surface area (Å²) in [5, 5.41) is 15.4. The van der Waals surface area contributed by atoms with Gasteiger partial charge >= 0.3 is 0 Å². The monoisotopic (exact) mass is 388 g/mol. The third-order valence-electron chi connectivity index (χ3n) is 4.18. The molecule has 0 fully saturated rings. The lowest BCUT2D eigenvalue weighted by atomic mass is 9.95. The van der Waals surface area contributed by atoms with Gasteiger partial charge in [0.1, 0.15) is 11.3 Å². The molecule has 0 aliphatic rings. The van der Waals surface area contributed by atoms with E-state index in [2.05, 4.69) is 10.3 Å². The van der Waals surface area contributed by atoms with Crippen molar-refractivity contribution in [3.63, 3.8) is 0 Å². The molecular weight excluding hydrogens is 371 g/mol. The van der Waals surface area contributed by atoms with Crippen molar-refractivity contribution in [1.29, 1.82) is 0 Å². The van der Waals surface area contributed by atoms with Gasteiger partial charge in [0.2, 0.25) is 5.91 Å². The lowest BCUT2D eigenvalue weighted by molar-refractivity contribution is -0.124. The van der Waals surface area contributed by atoms with Crippen LogP contribution in [0.4, 0.5) is 0 Å². The number of halogens is 2. The molecule has 1 unspecified atom stereocenters. The Morgan fingerprint density at radius 1 is 1.12 bits per heavy atom. The zero-order valence-corrected chi connectivity index (χ0v) is 15.8. The maximum absolute atomic E-state index is 12.4. The molecule has 2 N–H and O–H groups in total. The average Bonchev–Trinajstić information content (AvgIpc) is 2.63. The molecule has 134 valence electrons. The van der Waals surface area contributed by atoms with E-state index < -0.39 is 6.04 Å². The molecule has 26 heavy (non-hydrogen) atoms. The molecule has 0 aliphatic carbocycles. The van der Waals surface area contributed by atoms with Crippen LogP contribution in [0.5, 0.6) is 5.75 Å². The highest BCUT2D eigenvalue weighted by Gasteiger charge is 2.23. The fourth-order valence-electron chi connectivity index (χ4n) is 2.72. The van der Waals surface area contributed by atoms with Gasteiger partial charge in [0.05, 0.1) is 16.1 Å². The molecule has 0 spiro atoms. The Balaban J connectivity index is 2.15. The van der Waals surface area contributed by atoms with Crippen LogP contribution in [0.3, 0.4) is 0 Å². The number of amides is 1. The van der Waals surface area contributed by atoms with Crippen LogP contribution in [0.1, 0.15) is 31.0 Å². The fraction of sp³-hybridized carbons (Fsp3) is 0.200. The first-order valence-corrected chi connectivity index (χ1v) is 8.96. The summed E-state index contributed by atoms with van der Waals surface area (Å²) in [6.45, 7) is 3.62. The van der Waals surface area contributed by atoms with Gasteiger partial charge in [-0.2, -0.15) is 0 Å². The molecule has 2 aromatic carbocycles. The third-order valence-corrected chi connectivity index (χ3v) is 4.92.